The Labute approximate surface area is 159 Å². The van der Waals surface area contributed by atoms with Crippen LogP contribution in [0.1, 0.15) is 40.5 Å². The van der Waals surface area contributed by atoms with Crippen molar-refractivity contribution in [2.75, 3.05) is 29.9 Å². The zero-order valence-electron chi connectivity index (χ0n) is 16.3. The van der Waals surface area contributed by atoms with Gasteiger partial charge in [0.15, 0.2) is 6.61 Å². The fraction of sp³-hybridized carbons (Fsp3) is 0.526. The molecule has 0 aromatic heterocycles. The Morgan fingerprint density at radius 2 is 2.04 bits per heavy atom. The first-order valence-electron chi connectivity index (χ1n) is 9.03. The second-order valence-electron chi connectivity index (χ2n) is 7.28. The molecule has 1 aliphatic heterocycles. The maximum absolute atomic E-state index is 12.3. The van der Waals surface area contributed by atoms with E-state index in [0.717, 1.165) is 12.8 Å². The van der Waals surface area contributed by atoms with Crippen LogP contribution in [0.15, 0.2) is 18.2 Å². The molecule has 0 spiro atoms. The predicted octanol–water partition coefficient (Wildman–Crippen LogP) is 2.68. The van der Waals surface area contributed by atoms with Gasteiger partial charge in [-0.25, -0.2) is 4.79 Å². The molecule has 1 aromatic rings. The van der Waals surface area contributed by atoms with Gasteiger partial charge in [0.05, 0.1) is 5.69 Å². The molecule has 148 valence electrons. The lowest BCUT2D eigenvalue weighted by Gasteiger charge is -2.29. The minimum Gasteiger partial charge on any atom is -0.482 e. The van der Waals surface area contributed by atoms with E-state index in [0.29, 0.717) is 23.7 Å². The van der Waals surface area contributed by atoms with E-state index in [1.807, 2.05) is 6.92 Å². The van der Waals surface area contributed by atoms with Gasteiger partial charge < -0.3 is 14.8 Å². The van der Waals surface area contributed by atoms with E-state index in [1.165, 1.54) is 4.90 Å². The fourth-order valence-electron chi connectivity index (χ4n) is 2.48. The number of ether oxygens (including phenoxy) is 2. The van der Waals surface area contributed by atoms with Gasteiger partial charge >= 0.3 is 6.09 Å². The summed E-state index contributed by atoms with van der Waals surface area (Å²) < 4.78 is 10.6. The van der Waals surface area contributed by atoms with Crippen LogP contribution in [0.25, 0.3) is 0 Å². The Bertz CT molecular complexity index is 712. The second kappa shape index (κ2) is 8.75. The highest BCUT2D eigenvalue weighted by Crippen LogP contribution is 2.34. The average molecular weight is 377 g/mol. The molecule has 3 amide bonds. The number of unbranched alkanes of at least 4 members (excludes halogenated alkanes) is 1. The molecule has 2 rings (SSSR count). The summed E-state index contributed by atoms with van der Waals surface area (Å²) in [6.07, 6.45) is 1.25. The first-order chi connectivity index (χ1) is 12.7. The summed E-state index contributed by atoms with van der Waals surface area (Å²) in [5.74, 6) is -0.0802. The van der Waals surface area contributed by atoms with Crippen LogP contribution in [-0.4, -0.2) is 43.2 Å². The predicted molar refractivity (Wildman–Crippen MR) is 102 cm³/mol. The van der Waals surface area contributed by atoms with Crippen molar-refractivity contribution in [3.8, 4) is 5.75 Å². The number of amides is 3. The van der Waals surface area contributed by atoms with E-state index in [9.17, 15) is 14.4 Å². The van der Waals surface area contributed by atoms with Crippen molar-refractivity contribution in [2.24, 2.45) is 0 Å². The van der Waals surface area contributed by atoms with Gasteiger partial charge in [0.25, 0.3) is 5.91 Å². The molecule has 0 bridgehead atoms. The van der Waals surface area contributed by atoms with Crippen LogP contribution in [0.2, 0.25) is 0 Å². The summed E-state index contributed by atoms with van der Waals surface area (Å²) in [7, 11) is 0. The van der Waals surface area contributed by atoms with E-state index in [4.69, 9.17) is 9.47 Å². The topological polar surface area (TPSA) is 97.0 Å². The normalized spacial score (nSPS) is 13.5. The third kappa shape index (κ3) is 6.16. The van der Waals surface area contributed by atoms with E-state index in [2.05, 4.69) is 10.6 Å². The van der Waals surface area contributed by atoms with Crippen LogP contribution < -0.4 is 20.3 Å². The lowest BCUT2D eigenvalue weighted by molar-refractivity contribution is -0.125. The Morgan fingerprint density at radius 1 is 1.30 bits per heavy atom. The van der Waals surface area contributed by atoms with Crippen molar-refractivity contribution < 1.29 is 23.9 Å². The number of carbonyl (C=O) groups excluding carboxylic acids is 3. The van der Waals surface area contributed by atoms with Crippen LogP contribution in [-0.2, 0) is 14.3 Å². The third-order valence-corrected chi connectivity index (χ3v) is 3.70. The zero-order valence-corrected chi connectivity index (χ0v) is 16.3. The zero-order chi connectivity index (χ0) is 20.0. The monoisotopic (exact) mass is 377 g/mol. The summed E-state index contributed by atoms with van der Waals surface area (Å²) in [6.45, 7) is 7.68. The molecular formula is C19H27N3O5. The third-order valence-electron chi connectivity index (χ3n) is 3.70. The molecule has 2 N–H and O–H groups in total. The van der Waals surface area contributed by atoms with Gasteiger partial charge in [-0.05, 0) is 45.4 Å². The number of nitrogens with one attached hydrogen (secondary N) is 2. The first-order valence-corrected chi connectivity index (χ1v) is 9.03. The average Bonchev–Trinajstić information content (AvgIpc) is 2.56. The quantitative estimate of drug-likeness (QED) is 0.743. The molecular weight excluding hydrogens is 350 g/mol. The highest BCUT2D eigenvalue weighted by atomic mass is 16.6. The van der Waals surface area contributed by atoms with Crippen LogP contribution in [0.4, 0.5) is 16.2 Å². The molecule has 1 aliphatic rings. The van der Waals surface area contributed by atoms with E-state index >= 15 is 0 Å². The van der Waals surface area contributed by atoms with Crippen LogP contribution in [0.3, 0.4) is 0 Å². The number of fused-ring (bicyclic) bond motifs is 1. The number of rotatable bonds is 6. The van der Waals surface area contributed by atoms with Crippen LogP contribution in [0, 0.1) is 0 Å². The smallest absolute Gasteiger partial charge is 0.412 e. The van der Waals surface area contributed by atoms with Gasteiger partial charge in [-0.3, -0.25) is 19.8 Å². The molecule has 0 aliphatic carbocycles. The van der Waals surface area contributed by atoms with Crippen molar-refractivity contribution >= 4 is 29.3 Å². The largest absolute Gasteiger partial charge is 0.482 e. The summed E-state index contributed by atoms with van der Waals surface area (Å²) >= 11 is 0. The van der Waals surface area contributed by atoms with Gasteiger partial charge in [0, 0.05) is 12.2 Å². The standard InChI is InChI=1S/C19H27N3O5/c1-5-6-9-20-16(23)11-22-14-10-13(21-18(25)27-19(2,3)4)7-8-15(14)26-12-17(22)24/h7-8,10H,5-6,9,11-12H2,1-4H3,(H,20,23)(H,21,25). The highest BCUT2D eigenvalue weighted by molar-refractivity contribution is 6.03. The van der Waals surface area contributed by atoms with E-state index < -0.39 is 11.7 Å². The number of hydrogen-bond donors (Lipinski definition) is 2. The molecule has 8 heteroatoms. The van der Waals surface area contributed by atoms with Crippen molar-refractivity contribution in [3.63, 3.8) is 0 Å². The molecule has 0 fully saturated rings. The molecule has 8 nitrogen and oxygen atoms in total. The number of anilines is 2. The number of carbonyl (C=O) groups is 3. The van der Waals surface area contributed by atoms with E-state index in [1.54, 1.807) is 39.0 Å². The Morgan fingerprint density at radius 3 is 2.70 bits per heavy atom. The lowest BCUT2D eigenvalue weighted by atomic mass is 10.2. The van der Waals surface area contributed by atoms with Gasteiger partial charge in [-0.2, -0.15) is 0 Å². The summed E-state index contributed by atoms with van der Waals surface area (Å²) in [6, 6.07) is 4.89. The van der Waals surface area contributed by atoms with Crippen molar-refractivity contribution in [1.82, 2.24) is 5.32 Å². The number of benzene rings is 1. The SMILES string of the molecule is CCCCNC(=O)CN1C(=O)COc2ccc(NC(=O)OC(C)(C)C)cc21. The summed E-state index contributed by atoms with van der Waals surface area (Å²) in [5, 5.41) is 5.42. The molecule has 1 aromatic carbocycles. The molecule has 0 atom stereocenters. The number of hydrogen-bond acceptors (Lipinski definition) is 5. The molecule has 0 unspecified atom stereocenters. The Balaban J connectivity index is 2.13. The molecule has 0 radical (unpaired) electrons. The summed E-state index contributed by atoms with van der Waals surface area (Å²) in [4.78, 5) is 37.7. The molecule has 0 saturated carbocycles. The van der Waals surface area contributed by atoms with Gasteiger partial charge in [-0.1, -0.05) is 13.3 Å². The minimum atomic E-state index is -0.625. The Hall–Kier alpha value is -2.77. The second-order valence-corrected chi connectivity index (χ2v) is 7.28. The maximum atomic E-state index is 12.3. The van der Waals surface area contributed by atoms with E-state index in [-0.39, 0.29) is 25.0 Å². The van der Waals surface area contributed by atoms with Crippen LogP contribution in [0.5, 0.6) is 5.75 Å². The minimum absolute atomic E-state index is 0.102. The number of nitrogens with zero attached hydrogens (tertiary/aromatic N) is 1. The van der Waals surface area contributed by atoms with Gasteiger partial charge in [0.1, 0.15) is 17.9 Å². The summed E-state index contributed by atoms with van der Waals surface area (Å²) in [5.41, 5.74) is 0.253. The van der Waals surface area contributed by atoms with Crippen molar-refractivity contribution in [1.29, 1.82) is 0 Å². The fourth-order valence-corrected chi connectivity index (χ4v) is 2.48. The van der Waals surface area contributed by atoms with Gasteiger partial charge in [-0.15, -0.1) is 0 Å². The lowest BCUT2D eigenvalue weighted by Crippen LogP contribution is -2.45. The van der Waals surface area contributed by atoms with Gasteiger partial charge in [0.2, 0.25) is 5.91 Å². The Kier molecular flexibility index (Phi) is 6.65. The van der Waals surface area contributed by atoms with Crippen molar-refractivity contribution in [2.45, 2.75) is 46.1 Å². The highest BCUT2D eigenvalue weighted by Gasteiger charge is 2.28. The molecule has 1 heterocycles. The maximum Gasteiger partial charge on any atom is 0.412 e. The van der Waals surface area contributed by atoms with Crippen molar-refractivity contribution in [3.05, 3.63) is 18.2 Å². The molecule has 0 saturated heterocycles. The van der Waals surface area contributed by atoms with Crippen LogP contribution >= 0.6 is 0 Å². The molecule has 27 heavy (non-hydrogen) atoms. The first kappa shape index (κ1) is 20.5.